The standard InChI is InChI=1S/C15H13NO6S/c17-14(18)10-9-5-8-11(10)15(19)22-12(8)13(9)23-7-3-1-6(2-4-7)16(20)21/h1-4,8-13H,5H2,(H,17,18)/t8-,9+,10+,11-,12+,13-/m0/s1. The summed E-state index contributed by atoms with van der Waals surface area (Å²) in [6, 6.07) is 6.15. The van der Waals surface area contributed by atoms with Gasteiger partial charge in [-0.3, -0.25) is 19.7 Å². The van der Waals surface area contributed by atoms with Crippen molar-refractivity contribution >= 4 is 29.4 Å². The lowest BCUT2D eigenvalue weighted by Gasteiger charge is -2.29. The fourth-order valence-corrected chi connectivity index (χ4v) is 5.74. The Hall–Kier alpha value is -2.09. The number of hydrogen-bond acceptors (Lipinski definition) is 6. The molecule has 4 rings (SSSR count). The van der Waals surface area contributed by atoms with Gasteiger partial charge in [-0.2, -0.15) is 0 Å². The van der Waals surface area contributed by atoms with E-state index in [0.29, 0.717) is 6.42 Å². The summed E-state index contributed by atoms with van der Waals surface area (Å²) in [7, 11) is 0. The fourth-order valence-electron chi connectivity index (χ4n) is 4.29. The quantitative estimate of drug-likeness (QED) is 0.509. The molecule has 0 radical (unpaired) electrons. The topological polar surface area (TPSA) is 107 Å². The first-order chi connectivity index (χ1) is 11.0. The van der Waals surface area contributed by atoms with E-state index in [1.165, 1.54) is 23.9 Å². The van der Waals surface area contributed by atoms with Crippen molar-refractivity contribution in [2.24, 2.45) is 23.7 Å². The molecule has 23 heavy (non-hydrogen) atoms. The Morgan fingerprint density at radius 2 is 2.00 bits per heavy atom. The van der Waals surface area contributed by atoms with E-state index >= 15 is 0 Å². The summed E-state index contributed by atoms with van der Waals surface area (Å²) in [6.45, 7) is 0. The Balaban J connectivity index is 1.59. The Bertz CT molecular complexity index is 704. The minimum absolute atomic E-state index is 0.0100. The number of carboxylic acids is 1. The highest BCUT2D eigenvalue weighted by Gasteiger charge is 2.68. The van der Waals surface area contributed by atoms with Gasteiger partial charge in [0.25, 0.3) is 5.69 Å². The summed E-state index contributed by atoms with van der Waals surface area (Å²) in [5, 5.41) is 20.1. The van der Waals surface area contributed by atoms with Crippen molar-refractivity contribution in [2.75, 3.05) is 0 Å². The van der Waals surface area contributed by atoms with E-state index in [0.717, 1.165) is 4.90 Å². The molecule has 2 bridgehead atoms. The number of esters is 1. The summed E-state index contributed by atoms with van der Waals surface area (Å²) in [5.74, 6) is -2.61. The molecule has 1 N–H and O–H groups in total. The predicted octanol–water partition coefficient (Wildman–Crippen LogP) is 1.95. The van der Waals surface area contributed by atoms with Crippen LogP contribution in [0.2, 0.25) is 0 Å². The number of hydrogen-bond donors (Lipinski definition) is 1. The van der Waals surface area contributed by atoms with Crippen LogP contribution in [0.25, 0.3) is 0 Å². The highest BCUT2D eigenvalue weighted by molar-refractivity contribution is 8.00. The van der Waals surface area contributed by atoms with Crippen molar-refractivity contribution in [2.45, 2.75) is 22.7 Å². The normalized spacial score (nSPS) is 37.0. The number of carboxylic acid groups (broad SMARTS) is 1. The monoisotopic (exact) mass is 335 g/mol. The lowest BCUT2D eigenvalue weighted by Crippen LogP contribution is -2.39. The number of nitrogens with zero attached hydrogens (tertiary/aromatic N) is 1. The van der Waals surface area contributed by atoms with Crippen LogP contribution in [-0.2, 0) is 14.3 Å². The Morgan fingerprint density at radius 1 is 1.30 bits per heavy atom. The van der Waals surface area contributed by atoms with Gasteiger partial charge in [0, 0.05) is 22.9 Å². The van der Waals surface area contributed by atoms with Crippen molar-refractivity contribution in [3.8, 4) is 0 Å². The number of aliphatic carboxylic acids is 1. The largest absolute Gasteiger partial charge is 0.481 e. The molecule has 0 amide bonds. The molecule has 1 aliphatic heterocycles. The SMILES string of the molecule is O=C(O)[C@@H]1[C@H]2C[C@@H]3[C@@H](OC(=O)[C@@H]31)[C@H]2Sc1ccc([N+](=O)[O-])cc1. The molecule has 120 valence electrons. The molecule has 3 fully saturated rings. The number of ether oxygens (including phenoxy) is 1. The zero-order chi connectivity index (χ0) is 16.3. The van der Waals surface area contributed by atoms with Gasteiger partial charge in [-0.15, -0.1) is 11.8 Å². The summed E-state index contributed by atoms with van der Waals surface area (Å²) < 4.78 is 5.44. The minimum atomic E-state index is -0.936. The number of nitro benzene ring substituents is 1. The molecule has 1 heterocycles. The third-order valence-corrected chi connectivity index (χ3v) is 6.59. The zero-order valence-corrected chi connectivity index (χ0v) is 12.6. The molecule has 3 aliphatic rings. The highest BCUT2D eigenvalue weighted by Crippen LogP contribution is 2.61. The number of carbonyl (C=O) groups excluding carboxylic acids is 1. The molecule has 1 aromatic rings. The molecule has 2 saturated carbocycles. The molecule has 1 saturated heterocycles. The van der Waals surface area contributed by atoms with Gasteiger partial charge in [-0.05, 0) is 24.5 Å². The molecular weight excluding hydrogens is 322 g/mol. The molecule has 2 aliphatic carbocycles. The van der Waals surface area contributed by atoms with E-state index in [2.05, 4.69) is 0 Å². The Kier molecular flexibility index (Phi) is 3.12. The van der Waals surface area contributed by atoms with Crippen LogP contribution in [0.3, 0.4) is 0 Å². The molecule has 7 nitrogen and oxygen atoms in total. The van der Waals surface area contributed by atoms with Crippen LogP contribution in [0.15, 0.2) is 29.2 Å². The molecular formula is C15H13NO6S. The van der Waals surface area contributed by atoms with Crippen molar-refractivity contribution < 1.29 is 24.4 Å². The number of nitro groups is 1. The fraction of sp³-hybridized carbons (Fsp3) is 0.467. The first-order valence-electron chi connectivity index (χ1n) is 7.32. The van der Waals surface area contributed by atoms with Crippen LogP contribution in [0.5, 0.6) is 0 Å². The molecule has 8 heteroatoms. The maximum Gasteiger partial charge on any atom is 0.310 e. The van der Waals surface area contributed by atoms with Crippen LogP contribution in [-0.4, -0.2) is 33.3 Å². The van der Waals surface area contributed by atoms with Gasteiger partial charge < -0.3 is 9.84 Å². The minimum Gasteiger partial charge on any atom is -0.481 e. The third-order valence-electron chi connectivity index (χ3n) is 5.15. The maximum absolute atomic E-state index is 12.0. The number of benzene rings is 1. The molecule has 6 atom stereocenters. The second kappa shape index (κ2) is 4.95. The summed E-state index contributed by atoms with van der Waals surface area (Å²) >= 11 is 1.45. The Morgan fingerprint density at radius 3 is 2.61 bits per heavy atom. The molecule has 0 spiro atoms. The first kappa shape index (κ1) is 14.5. The van der Waals surface area contributed by atoms with E-state index in [1.54, 1.807) is 12.1 Å². The highest BCUT2D eigenvalue weighted by atomic mass is 32.2. The second-order valence-electron chi connectivity index (χ2n) is 6.19. The summed E-state index contributed by atoms with van der Waals surface area (Å²) in [5.41, 5.74) is 0.0121. The van der Waals surface area contributed by atoms with E-state index in [4.69, 9.17) is 4.74 Å². The number of thioether (sulfide) groups is 1. The van der Waals surface area contributed by atoms with Crippen molar-refractivity contribution in [1.29, 1.82) is 0 Å². The van der Waals surface area contributed by atoms with Gasteiger partial charge in [-0.25, -0.2) is 0 Å². The van der Waals surface area contributed by atoms with Gasteiger partial charge in [-0.1, -0.05) is 0 Å². The number of fused-ring (bicyclic) bond motifs is 1. The summed E-state index contributed by atoms with van der Waals surface area (Å²) in [4.78, 5) is 34.6. The van der Waals surface area contributed by atoms with Crippen molar-refractivity contribution in [3.63, 3.8) is 0 Å². The third kappa shape index (κ3) is 2.04. The van der Waals surface area contributed by atoms with Crippen LogP contribution >= 0.6 is 11.8 Å². The number of rotatable bonds is 4. The number of carbonyl (C=O) groups is 2. The summed E-state index contributed by atoms with van der Waals surface area (Å²) in [6.07, 6.45) is 0.455. The second-order valence-corrected chi connectivity index (χ2v) is 7.44. The average Bonchev–Trinajstić information content (AvgIpc) is 3.11. The van der Waals surface area contributed by atoms with E-state index < -0.39 is 22.7 Å². The van der Waals surface area contributed by atoms with Crippen LogP contribution < -0.4 is 0 Å². The molecule has 1 aromatic carbocycles. The van der Waals surface area contributed by atoms with Gasteiger partial charge in [0.05, 0.1) is 22.0 Å². The van der Waals surface area contributed by atoms with Crippen LogP contribution in [0.1, 0.15) is 6.42 Å². The number of non-ortho nitro benzene ring substituents is 1. The van der Waals surface area contributed by atoms with Crippen molar-refractivity contribution in [3.05, 3.63) is 34.4 Å². The van der Waals surface area contributed by atoms with Crippen molar-refractivity contribution in [1.82, 2.24) is 0 Å². The average molecular weight is 335 g/mol. The van der Waals surface area contributed by atoms with E-state index in [-0.39, 0.29) is 34.8 Å². The van der Waals surface area contributed by atoms with Gasteiger partial charge in [0.1, 0.15) is 6.10 Å². The van der Waals surface area contributed by atoms with Gasteiger partial charge >= 0.3 is 11.9 Å². The zero-order valence-electron chi connectivity index (χ0n) is 11.8. The maximum atomic E-state index is 12.0. The van der Waals surface area contributed by atoms with Gasteiger partial charge in [0.15, 0.2) is 0 Å². The van der Waals surface area contributed by atoms with E-state index in [9.17, 15) is 24.8 Å². The molecule has 0 unspecified atom stereocenters. The smallest absolute Gasteiger partial charge is 0.310 e. The first-order valence-corrected chi connectivity index (χ1v) is 8.20. The van der Waals surface area contributed by atoms with Crippen LogP contribution in [0.4, 0.5) is 5.69 Å². The van der Waals surface area contributed by atoms with E-state index in [1.807, 2.05) is 0 Å². The lowest BCUT2D eigenvalue weighted by molar-refractivity contribution is -0.384. The lowest BCUT2D eigenvalue weighted by atomic mass is 9.80. The Labute approximate surface area is 135 Å². The van der Waals surface area contributed by atoms with Gasteiger partial charge in [0.2, 0.25) is 0 Å². The van der Waals surface area contributed by atoms with Crippen LogP contribution in [0, 0.1) is 33.8 Å². The predicted molar refractivity (Wildman–Crippen MR) is 78.8 cm³/mol. The molecule has 0 aromatic heterocycles.